The van der Waals surface area contributed by atoms with Crippen LogP contribution in [-0.2, 0) is 9.53 Å². The molecule has 2 aliphatic carbocycles. The average Bonchev–Trinajstić information content (AvgIpc) is 2.71. The Bertz CT molecular complexity index is 241. The number of carbonyl (C=O) groups is 1. The first-order valence-electron chi connectivity index (χ1n) is 4.65. The molecule has 3 heteroatoms. The third-order valence-corrected chi connectivity index (χ3v) is 3.76. The number of methoxy groups -OCH3 is 1. The molecular weight excluding hydrogens is 154 g/mol. The van der Waals surface area contributed by atoms with E-state index in [1.807, 2.05) is 0 Å². The molecule has 66 valence electrons. The van der Waals surface area contributed by atoms with Gasteiger partial charge in [-0.15, -0.1) is 0 Å². The number of nitrogens with one attached hydrogen (secondary N) is 1. The maximum atomic E-state index is 11.3. The van der Waals surface area contributed by atoms with Crippen molar-refractivity contribution in [3.05, 3.63) is 0 Å². The topological polar surface area (TPSA) is 38.3 Å². The van der Waals surface area contributed by atoms with Gasteiger partial charge in [0.05, 0.1) is 7.11 Å². The Balaban J connectivity index is 1.80. The Kier molecular flexibility index (Phi) is 1.16. The first-order chi connectivity index (χ1) is 5.81. The SMILES string of the molecule is COC(=O)[C@@H]1N[C@@H]2C[C@H]1[C@H]1C[C@H]12. The molecule has 2 saturated carbocycles. The molecule has 1 heterocycles. The summed E-state index contributed by atoms with van der Waals surface area (Å²) in [6.07, 6.45) is 2.55. The first-order valence-corrected chi connectivity index (χ1v) is 4.65. The normalized spacial score (nSPS) is 53.6. The zero-order chi connectivity index (χ0) is 8.29. The summed E-state index contributed by atoms with van der Waals surface area (Å²) in [5.74, 6) is 2.27. The summed E-state index contributed by atoms with van der Waals surface area (Å²) in [6.45, 7) is 0. The monoisotopic (exact) mass is 167 g/mol. The molecule has 1 aliphatic heterocycles. The van der Waals surface area contributed by atoms with Gasteiger partial charge in [-0.1, -0.05) is 0 Å². The molecule has 2 bridgehead atoms. The van der Waals surface area contributed by atoms with Crippen molar-refractivity contribution in [2.24, 2.45) is 17.8 Å². The minimum absolute atomic E-state index is 0.0174. The Labute approximate surface area is 71.5 Å². The van der Waals surface area contributed by atoms with Gasteiger partial charge in [0.25, 0.3) is 0 Å². The summed E-state index contributed by atoms with van der Waals surface area (Å²) in [5, 5.41) is 3.36. The van der Waals surface area contributed by atoms with Gasteiger partial charge in [-0.3, -0.25) is 4.79 Å². The molecule has 12 heavy (non-hydrogen) atoms. The van der Waals surface area contributed by atoms with Crippen LogP contribution >= 0.6 is 0 Å². The van der Waals surface area contributed by atoms with Crippen LogP contribution in [0.5, 0.6) is 0 Å². The predicted molar refractivity (Wildman–Crippen MR) is 42.4 cm³/mol. The van der Waals surface area contributed by atoms with Crippen LogP contribution in [0.2, 0.25) is 0 Å². The van der Waals surface area contributed by atoms with Gasteiger partial charge in [-0.2, -0.15) is 0 Å². The van der Waals surface area contributed by atoms with Crippen LogP contribution in [0, 0.1) is 17.8 Å². The minimum Gasteiger partial charge on any atom is -0.468 e. The summed E-state index contributed by atoms with van der Waals surface area (Å²) in [4.78, 5) is 11.3. The Morgan fingerprint density at radius 2 is 2.17 bits per heavy atom. The van der Waals surface area contributed by atoms with Crippen molar-refractivity contribution >= 4 is 5.97 Å². The van der Waals surface area contributed by atoms with Gasteiger partial charge in [0, 0.05) is 6.04 Å². The number of hydrogen-bond donors (Lipinski definition) is 1. The van der Waals surface area contributed by atoms with Gasteiger partial charge < -0.3 is 10.1 Å². The lowest BCUT2D eigenvalue weighted by atomic mass is 9.97. The van der Waals surface area contributed by atoms with Crippen LogP contribution in [-0.4, -0.2) is 25.2 Å². The second kappa shape index (κ2) is 2.02. The van der Waals surface area contributed by atoms with Gasteiger partial charge in [-0.05, 0) is 30.6 Å². The largest absolute Gasteiger partial charge is 0.468 e. The van der Waals surface area contributed by atoms with E-state index in [0.29, 0.717) is 12.0 Å². The maximum absolute atomic E-state index is 11.3. The Morgan fingerprint density at radius 1 is 1.33 bits per heavy atom. The van der Waals surface area contributed by atoms with Crippen molar-refractivity contribution in [3.63, 3.8) is 0 Å². The number of fused-ring (bicyclic) bond motifs is 5. The highest BCUT2D eigenvalue weighted by Gasteiger charge is 2.62. The zero-order valence-electron chi connectivity index (χ0n) is 7.12. The van der Waals surface area contributed by atoms with Crippen LogP contribution < -0.4 is 5.32 Å². The molecular formula is C9H13NO2. The standard InChI is InChI=1S/C9H13NO2/c1-12-9(11)8-6-3-7(10-8)5-2-4(5)6/h4-8,10H,2-3H2,1H3/t4-,5+,6-,7+,8+/m0/s1. The van der Waals surface area contributed by atoms with E-state index in [-0.39, 0.29) is 12.0 Å². The molecule has 3 nitrogen and oxygen atoms in total. The quantitative estimate of drug-likeness (QED) is 0.565. The molecule has 3 fully saturated rings. The van der Waals surface area contributed by atoms with Crippen molar-refractivity contribution < 1.29 is 9.53 Å². The highest BCUT2D eigenvalue weighted by Crippen LogP contribution is 2.59. The third kappa shape index (κ3) is 0.678. The van der Waals surface area contributed by atoms with E-state index < -0.39 is 0 Å². The van der Waals surface area contributed by atoms with Gasteiger partial charge in [0.1, 0.15) is 6.04 Å². The number of rotatable bonds is 1. The van der Waals surface area contributed by atoms with E-state index in [1.165, 1.54) is 20.0 Å². The third-order valence-electron chi connectivity index (χ3n) is 3.76. The van der Waals surface area contributed by atoms with Crippen molar-refractivity contribution in [2.45, 2.75) is 24.9 Å². The highest BCUT2D eigenvalue weighted by molar-refractivity contribution is 5.77. The maximum Gasteiger partial charge on any atom is 0.323 e. The number of carbonyl (C=O) groups excluding carboxylic acids is 1. The van der Waals surface area contributed by atoms with Gasteiger partial charge in [0.2, 0.25) is 0 Å². The fourth-order valence-electron chi connectivity index (χ4n) is 3.13. The molecule has 1 saturated heterocycles. The van der Waals surface area contributed by atoms with E-state index in [9.17, 15) is 4.79 Å². The predicted octanol–water partition coefficient (Wildman–Crippen LogP) is 0.156. The Morgan fingerprint density at radius 3 is 2.75 bits per heavy atom. The first kappa shape index (κ1) is 6.89. The van der Waals surface area contributed by atoms with Gasteiger partial charge >= 0.3 is 5.97 Å². The van der Waals surface area contributed by atoms with Crippen molar-refractivity contribution in [3.8, 4) is 0 Å². The van der Waals surface area contributed by atoms with Crippen LogP contribution in [0.1, 0.15) is 12.8 Å². The smallest absolute Gasteiger partial charge is 0.323 e. The number of esters is 1. The molecule has 3 aliphatic rings. The highest BCUT2D eigenvalue weighted by atomic mass is 16.5. The molecule has 0 aromatic heterocycles. The lowest BCUT2D eigenvalue weighted by Gasteiger charge is -2.19. The molecule has 0 unspecified atom stereocenters. The lowest BCUT2D eigenvalue weighted by Crippen LogP contribution is -2.43. The molecule has 1 N–H and O–H groups in total. The average molecular weight is 167 g/mol. The van der Waals surface area contributed by atoms with Crippen molar-refractivity contribution in [1.82, 2.24) is 5.32 Å². The van der Waals surface area contributed by atoms with E-state index >= 15 is 0 Å². The molecule has 0 amide bonds. The summed E-state index contributed by atoms with van der Waals surface area (Å²) in [6, 6.07) is 0.646. The number of piperidine rings is 1. The summed E-state index contributed by atoms with van der Waals surface area (Å²) >= 11 is 0. The van der Waals surface area contributed by atoms with E-state index in [1.54, 1.807) is 0 Å². The summed E-state index contributed by atoms with van der Waals surface area (Å²) < 4.78 is 4.75. The van der Waals surface area contributed by atoms with Crippen molar-refractivity contribution in [1.29, 1.82) is 0 Å². The van der Waals surface area contributed by atoms with Gasteiger partial charge in [-0.25, -0.2) is 0 Å². The summed E-state index contributed by atoms with van der Waals surface area (Å²) in [7, 11) is 1.47. The van der Waals surface area contributed by atoms with Crippen LogP contribution in [0.25, 0.3) is 0 Å². The fourth-order valence-corrected chi connectivity index (χ4v) is 3.13. The van der Waals surface area contributed by atoms with Gasteiger partial charge in [0.15, 0.2) is 0 Å². The second-order valence-electron chi connectivity index (χ2n) is 4.24. The second-order valence-corrected chi connectivity index (χ2v) is 4.24. The van der Waals surface area contributed by atoms with Crippen LogP contribution in [0.3, 0.4) is 0 Å². The fraction of sp³-hybridized carbons (Fsp3) is 0.889. The lowest BCUT2D eigenvalue weighted by molar-refractivity contribution is -0.144. The molecule has 0 aromatic carbocycles. The molecule has 3 rings (SSSR count). The zero-order valence-corrected chi connectivity index (χ0v) is 7.12. The van der Waals surface area contributed by atoms with E-state index in [2.05, 4.69) is 5.32 Å². The number of hydrogen-bond acceptors (Lipinski definition) is 3. The minimum atomic E-state index is -0.0622. The summed E-state index contributed by atoms with van der Waals surface area (Å²) in [5.41, 5.74) is 0. The number of ether oxygens (including phenoxy) is 1. The molecule has 0 spiro atoms. The molecule has 0 radical (unpaired) electrons. The molecule has 5 atom stereocenters. The van der Waals surface area contributed by atoms with Crippen LogP contribution in [0.4, 0.5) is 0 Å². The molecule has 0 aromatic rings. The van der Waals surface area contributed by atoms with E-state index in [4.69, 9.17) is 4.74 Å². The Hall–Kier alpha value is -0.570. The van der Waals surface area contributed by atoms with Crippen molar-refractivity contribution in [2.75, 3.05) is 7.11 Å². The van der Waals surface area contributed by atoms with E-state index in [0.717, 1.165) is 11.8 Å². The van der Waals surface area contributed by atoms with Crippen LogP contribution in [0.15, 0.2) is 0 Å².